The van der Waals surface area contributed by atoms with E-state index in [0.29, 0.717) is 16.4 Å². The number of benzene rings is 1. The van der Waals surface area contributed by atoms with Gasteiger partial charge < -0.3 is 24.1 Å². The summed E-state index contributed by atoms with van der Waals surface area (Å²) >= 11 is 6.22. The van der Waals surface area contributed by atoms with Crippen LogP contribution in [0, 0.1) is 0 Å². The first-order chi connectivity index (χ1) is 15.1. The maximum absolute atomic E-state index is 12.3. The molecule has 0 radical (unpaired) electrons. The molecule has 1 N–H and O–H groups in total. The van der Waals surface area contributed by atoms with Gasteiger partial charge in [0.15, 0.2) is 0 Å². The van der Waals surface area contributed by atoms with E-state index in [4.69, 9.17) is 30.4 Å². The highest BCUT2D eigenvalue weighted by molar-refractivity contribution is 6.56. The summed E-state index contributed by atoms with van der Waals surface area (Å²) in [4.78, 5) is 16.5. The molecule has 1 aromatic carbocycles. The maximum atomic E-state index is 12.3. The van der Waals surface area contributed by atoms with E-state index in [-0.39, 0.29) is 13.2 Å². The smallest absolute Gasteiger partial charge is 0.480 e. The summed E-state index contributed by atoms with van der Waals surface area (Å²) in [6.07, 6.45) is 2.92. The van der Waals surface area contributed by atoms with Crippen molar-refractivity contribution in [1.29, 1.82) is 0 Å². The number of rotatable bonds is 7. The Labute approximate surface area is 194 Å². The van der Waals surface area contributed by atoms with E-state index in [9.17, 15) is 4.79 Å². The molecule has 1 amide bonds. The van der Waals surface area contributed by atoms with Crippen LogP contribution in [0.15, 0.2) is 48.1 Å². The Kier molecular flexibility index (Phi) is 7.49. The third-order valence-electron chi connectivity index (χ3n) is 5.58. The summed E-state index contributed by atoms with van der Waals surface area (Å²) in [5, 5.41) is 3.15. The second-order valence-electron chi connectivity index (χ2n) is 8.48. The Morgan fingerprint density at radius 1 is 1.19 bits per heavy atom. The lowest BCUT2D eigenvalue weighted by Gasteiger charge is -2.32. The number of aromatic nitrogens is 1. The van der Waals surface area contributed by atoms with Crippen LogP contribution in [0.3, 0.4) is 0 Å². The van der Waals surface area contributed by atoms with Crippen LogP contribution in [-0.2, 0) is 20.7 Å². The highest BCUT2D eigenvalue weighted by Gasteiger charge is 2.52. The number of carbonyl (C=O) groups excluding carboxylic acids is 1. The van der Waals surface area contributed by atoms with Gasteiger partial charge in [0.25, 0.3) is 0 Å². The van der Waals surface area contributed by atoms with Crippen LogP contribution < -0.4 is 10.1 Å². The SMILES string of the molecule is COc1ncc(C=C(CNC(=O)OCc2ccccc2)B2OC(C)(C)C(C)(C)O2)cc1Cl. The van der Waals surface area contributed by atoms with E-state index in [1.54, 1.807) is 12.3 Å². The van der Waals surface area contributed by atoms with Gasteiger partial charge in [-0.3, -0.25) is 0 Å². The highest BCUT2D eigenvalue weighted by Crippen LogP contribution is 2.38. The molecule has 1 aliphatic rings. The zero-order valence-corrected chi connectivity index (χ0v) is 19.7. The summed E-state index contributed by atoms with van der Waals surface area (Å²) in [6, 6.07) is 11.2. The number of hydrogen-bond donors (Lipinski definition) is 1. The second-order valence-corrected chi connectivity index (χ2v) is 8.89. The summed E-state index contributed by atoms with van der Waals surface area (Å²) in [5.41, 5.74) is 1.27. The Balaban J connectivity index is 1.75. The van der Waals surface area contributed by atoms with E-state index in [1.165, 1.54) is 7.11 Å². The average molecular weight is 459 g/mol. The molecule has 0 unspecified atom stereocenters. The summed E-state index contributed by atoms with van der Waals surface area (Å²) < 4.78 is 22.8. The number of nitrogens with one attached hydrogen (secondary N) is 1. The zero-order chi connectivity index (χ0) is 23.4. The quantitative estimate of drug-likeness (QED) is 0.607. The Bertz CT molecular complexity index is 966. The van der Waals surface area contributed by atoms with Crippen molar-refractivity contribution in [2.45, 2.75) is 45.5 Å². The van der Waals surface area contributed by atoms with Gasteiger partial charge in [0.05, 0.1) is 18.3 Å². The topological polar surface area (TPSA) is 78.9 Å². The molecule has 1 aromatic heterocycles. The Morgan fingerprint density at radius 2 is 1.84 bits per heavy atom. The lowest BCUT2D eigenvalue weighted by molar-refractivity contribution is 0.00578. The van der Waals surface area contributed by atoms with Gasteiger partial charge in [0, 0.05) is 12.7 Å². The summed E-state index contributed by atoms with van der Waals surface area (Å²) in [6.45, 7) is 8.22. The van der Waals surface area contributed by atoms with Crippen LogP contribution in [0.5, 0.6) is 5.88 Å². The van der Waals surface area contributed by atoms with Crippen molar-refractivity contribution in [3.8, 4) is 5.88 Å². The molecule has 0 saturated carbocycles. The van der Waals surface area contributed by atoms with Crippen molar-refractivity contribution in [3.05, 3.63) is 64.2 Å². The van der Waals surface area contributed by atoms with Gasteiger partial charge in [0.1, 0.15) is 11.6 Å². The fourth-order valence-corrected chi connectivity index (χ4v) is 3.28. The molecule has 32 heavy (non-hydrogen) atoms. The normalized spacial score (nSPS) is 17.2. The van der Waals surface area contributed by atoms with Gasteiger partial charge in [0.2, 0.25) is 5.88 Å². The second kappa shape index (κ2) is 9.94. The number of pyridine rings is 1. The first kappa shape index (κ1) is 24.1. The first-order valence-corrected chi connectivity index (χ1v) is 10.7. The number of alkyl carbamates (subject to hydrolysis) is 1. The fourth-order valence-electron chi connectivity index (χ4n) is 3.03. The van der Waals surface area contributed by atoms with Crippen LogP contribution in [-0.4, -0.2) is 43.1 Å². The molecule has 0 bridgehead atoms. The number of carbonyl (C=O) groups is 1. The van der Waals surface area contributed by atoms with Crippen LogP contribution in [0.4, 0.5) is 4.79 Å². The zero-order valence-electron chi connectivity index (χ0n) is 19.0. The molecule has 7 nitrogen and oxygen atoms in total. The van der Waals surface area contributed by atoms with Gasteiger partial charge in [-0.2, -0.15) is 0 Å². The molecule has 2 aromatic rings. The fraction of sp³-hybridized carbons (Fsp3) is 0.391. The molecular formula is C23H28BClN2O5. The maximum Gasteiger partial charge on any atom is 0.492 e. The molecular weight excluding hydrogens is 431 g/mol. The molecule has 3 rings (SSSR count). The first-order valence-electron chi connectivity index (χ1n) is 10.3. The molecule has 1 fully saturated rings. The van der Waals surface area contributed by atoms with Crippen LogP contribution in [0.25, 0.3) is 6.08 Å². The number of amides is 1. The van der Waals surface area contributed by atoms with Crippen molar-refractivity contribution in [3.63, 3.8) is 0 Å². The number of halogens is 1. The molecule has 1 saturated heterocycles. The third kappa shape index (κ3) is 5.82. The third-order valence-corrected chi connectivity index (χ3v) is 5.85. The lowest BCUT2D eigenvalue weighted by Crippen LogP contribution is -2.41. The molecule has 2 heterocycles. The molecule has 9 heteroatoms. The standard InChI is InChI=1S/C23H28BClN2O5/c1-22(2)23(3,4)32-24(31-22)18(11-17-12-19(25)20(29-5)26-13-17)14-27-21(28)30-15-16-9-7-6-8-10-16/h6-13H,14-15H2,1-5H3,(H,27,28). The Hall–Kier alpha value is -2.55. The van der Waals surface area contributed by atoms with Gasteiger partial charge >= 0.3 is 13.2 Å². The minimum absolute atomic E-state index is 0.161. The molecule has 170 valence electrons. The largest absolute Gasteiger partial charge is 0.492 e. The van der Waals surface area contributed by atoms with E-state index < -0.39 is 24.4 Å². The number of methoxy groups -OCH3 is 1. The van der Waals surface area contributed by atoms with Crippen molar-refractivity contribution < 1.29 is 23.6 Å². The molecule has 0 aliphatic carbocycles. The average Bonchev–Trinajstić information content (AvgIpc) is 2.97. The predicted octanol–water partition coefficient (Wildman–Crippen LogP) is 4.68. The van der Waals surface area contributed by atoms with Crippen LogP contribution in [0.2, 0.25) is 5.02 Å². The summed E-state index contributed by atoms with van der Waals surface area (Å²) in [7, 11) is 0.847. The molecule has 0 spiro atoms. The van der Waals surface area contributed by atoms with Gasteiger partial charge in [-0.25, -0.2) is 9.78 Å². The minimum Gasteiger partial charge on any atom is -0.480 e. The van der Waals surface area contributed by atoms with Crippen molar-refractivity contribution in [1.82, 2.24) is 10.3 Å². The van der Waals surface area contributed by atoms with Crippen molar-refractivity contribution in [2.24, 2.45) is 0 Å². The Morgan fingerprint density at radius 3 is 2.44 bits per heavy atom. The van der Waals surface area contributed by atoms with Gasteiger partial charge in [-0.1, -0.05) is 48.0 Å². The van der Waals surface area contributed by atoms with Crippen molar-refractivity contribution in [2.75, 3.05) is 13.7 Å². The number of hydrogen-bond acceptors (Lipinski definition) is 6. The summed E-state index contributed by atoms with van der Waals surface area (Å²) in [5.74, 6) is 0.337. The van der Waals surface area contributed by atoms with E-state index in [0.717, 1.165) is 11.1 Å². The van der Waals surface area contributed by atoms with E-state index >= 15 is 0 Å². The molecule has 1 aliphatic heterocycles. The van der Waals surface area contributed by atoms with Crippen LogP contribution >= 0.6 is 11.6 Å². The van der Waals surface area contributed by atoms with Gasteiger partial charge in [-0.15, -0.1) is 0 Å². The van der Waals surface area contributed by atoms with Gasteiger partial charge in [-0.05, 0) is 50.4 Å². The van der Waals surface area contributed by atoms with Crippen LogP contribution in [0.1, 0.15) is 38.8 Å². The van der Waals surface area contributed by atoms with Crippen molar-refractivity contribution >= 4 is 30.9 Å². The number of nitrogens with zero attached hydrogens (tertiary/aromatic N) is 1. The lowest BCUT2D eigenvalue weighted by atomic mass is 9.77. The number of ether oxygens (including phenoxy) is 2. The predicted molar refractivity (Wildman–Crippen MR) is 124 cm³/mol. The van der Waals surface area contributed by atoms with E-state index in [1.807, 2.05) is 64.1 Å². The van der Waals surface area contributed by atoms with E-state index in [2.05, 4.69) is 10.3 Å². The highest BCUT2D eigenvalue weighted by atomic mass is 35.5. The monoisotopic (exact) mass is 458 g/mol. The minimum atomic E-state index is -0.657. The molecule has 0 atom stereocenters.